The zero-order valence-electron chi connectivity index (χ0n) is 17.4. The summed E-state index contributed by atoms with van der Waals surface area (Å²) in [6, 6.07) is 14.3. The summed E-state index contributed by atoms with van der Waals surface area (Å²) < 4.78 is 23.1. The van der Waals surface area contributed by atoms with Gasteiger partial charge in [-0.25, -0.2) is 4.68 Å². The van der Waals surface area contributed by atoms with Gasteiger partial charge in [-0.15, -0.1) is 0 Å². The van der Waals surface area contributed by atoms with Crippen LogP contribution >= 0.6 is 0 Å². The van der Waals surface area contributed by atoms with Gasteiger partial charge in [-0.05, 0) is 36.8 Å². The average Bonchev–Trinajstić information content (AvgIpc) is 3.23. The molecule has 0 saturated carbocycles. The van der Waals surface area contributed by atoms with E-state index in [1.54, 1.807) is 43.3 Å². The summed E-state index contributed by atoms with van der Waals surface area (Å²) in [5, 5.41) is 7.19. The first-order valence-electron chi connectivity index (χ1n) is 9.44. The maximum Gasteiger partial charge on any atom is 0.259 e. The second-order valence-corrected chi connectivity index (χ2v) is 6.27. The second kappa shape index (κ2) is 9.80. The third-order valence-electron chi connectivity index (χ3n) is 4.47. The summed E-state index contributed by atoms with van der Waals surface area (Å²) in [4.78, 5) is 12.9. The van der Waals surface area contributed by atoms with Gasteiger partial charge in [0.05, 0.1) is 32.7 Å². The highest BCUT2D eigenvalue weighted by Crippen LogP contribution is 2.30. The Kier molecular flexibility index (Phi) is 6.92. The lowest BCUT2D eigenvalue weighted by Gasteiger charge is -2.17. The molecule has 30 heavy (non-hydrogen) atoms. The first kappa shape index (κ1) is 21.2. The summed E-state index contributed by atoms with van der Waals surface area (Å²) in [7, 11) is 4.63. The molecule has 0 fully saturated rings. The number of methoxy groups -OCH3 is 3. The maximum atomic E-state index is 12.9. The van der Waals surface area contributed by atoms with Gasteiger partial charge in [0.25, 0.3) is 5.91 Å². The van der Waals surface area contributed by atoms with E-state index in [9.17, 15) is 4.79 Å². The third-order valence-corrected chi connectivity index (χ3v) is 4.47. The first-order valence-corrected chi connectivity index (χ1v) is 9.44. The second-order valence-electron chi connectivity index (χ2n) is 6.27. The molecule has 1 N–H and O–H groups in total. The van der Waals surface area contributed by atoms with E-state index in [2.05, 4.69) is 10.4 Å². The average molecular weight is 411 g/mol. The van der Waals surface area contributed by atoms with Crippen molar-refractivity contribution in [1.29, 1.82) is 0 Å². The van der Waals surface area contributed by atoms with Gasteiger partial charge in [0.2, 0.25) is 0 Å². The Hall–Kier alpha value is -3.52. The zero-order valence-corrected chi connectivity index (χ0v) is 17.4. The summed E-state index contributed by atoms with van der Waals surface area (Å²) in [6.07, 6.45) is 0.819. The molecule has 0 radical (unpaired) electrons. The van der Waals surface area contributed by atoms with Crippen molar-refractivity contribution in [2.75, 3.05) is 33.3 Å². The molecule has 1 aromatic heterocycles. The molecule has 1 unspecified atom stereocenters. The molecule has 1 amide bonds. The van der Waals surface area contributed by atoms with Gasteiger partial charge in [-0.1, -0.05) is 12.1 Å². The quantitative estimate of drug-likeness (QED) is 0.579. The van der Waals surface area contributed by atoms with Crippen molar-refractivity contribution in [1.82, 2.24) is 9.78 Å². The Morgan fingerprint density at radius 1 is 1.03 bits per heavy atom. The van der Waals surface area contributed by atoms with Crippen molar-refractivity contribution in [3.8, 4) is 22.9 Å². The summed E-state index contributed by atoms with van der Waals surface area (Å²) in [5.41, 5.74) is 1.43. The van der Waals surface area contributed by atoms with Crippen LogP contribution in [0.25, 0.3) is 5.69 Å². The smallest absolute Gasteiger partial charge is 0.259 e. The van der Waals surface area contributed by atoms with E-state index in [4.69, 9.17) is 18.9 Å². The van der Waals surface area contributed by atoms with Gasteiger partial charge in [-0.2, -0.15) is 5.10 Å². The molecule has 1 heterocycles. The molecule has 0 bridgehead atoms. The van der Waals surface area contributed by atoms with Crippen LogP contribution in [-0.2, 0) is 9.53 Å². The van der Waals surface area contributed by atoms with E-state index in [0.29, 0.717) is 29.6 Å². The normalized spacial score (nSPS) is 11.6. The van der Waals surface area contributed by atoms with Gasteiger partial charge < -0.3 is 24.3 Å². The number of ether oxygens (including phenoxy) is 4. The SMILES string of the molecule is CCOc1ccc(C(OC)C(=O)Nc2ccnn2-c2ccc(OC)c(OC)c2)cc1. The standard InChI is InChI=1S/C22H25N3O5/c1-5-30-17-9-6-15(7-10-17)21(29-4)22(26)24-20-12-13-23-25(20)16-8-11-18(27-2)19(14-16)28-3/h6-14,21H,5H2,1-4H3,(H,24,26). The predicted molar refractivity (Wildman–Crippen MR) is 113 cm³/mol. The van der Waals surface area contributed by atoms with Gasteiger partial charge in [0, 0.05) is 19.2 Å². The Bertz CT molecular complexity index is 985. The van der Waals surface area contributed by atoms with Crippen molar-refractivity contribution in [2.24, 2.45) is 0 Å². The van der Waals surface area contributed by atoms with Crippen LogP contribution in [0.4, 0.5) is 5.82 Å². The fraction of sp³-hybridized carbons (Fsp3) is 0.273. The van der Waals surface area contributed by atoms with E-state index in [1.807, 2.05) is 37.3 Å². The minimum Gasteiger partial charge on any atom is -0.494 e. The van der Waals surface area contributed by atoms with Crippen LogP contribution in [0.5, 0.6) is 17.2 Å². The fourth-order valence-corrected chi connectivity index (χ4v) is 3.05. The number of carbonyl (C=O) groups excluding carboxylic acids is 1. The third kappa shape index (κ3) is 4.55. The van der Waals surface area contributed by atoms with Crippen LogP contribution < -0.4 is 19.5 Å². The Morgan fingerprint density at radius 2 is 1.77 bits per heavy atom. The Labute approximate surface area is 175 Å². The largest absolute Gasteiger partial charge is 0.494 e. The lowest BCUT2D eigenvalue weighted by molar-refractivity contribution is -0.126. The van der Waals surface area contributed by atoms with Crippen LogP contribution in [0.15, 0.2) is 54.7 Å². The summed E-state index contributed by atoms with van der Waals surface area (Å²) in [6.45, 7) is 2.49. The highest BCUT2D eigenvalue weighted by atomic mass is 16.5. The highest BCUT2D eigenvalue weighted by Gasteiger charge is 2.22. The molecule has 3 aromatic rings. The van der Waals surface area contributed by atoms with Crippen LogP contribution in [0.1, 0.15) is 18.6 Å². The monoisotopic (exact) mass is 411 g/mol. The van der Waals surface area contributed by atoms with Crippen molar-refractivity contribution < 1.29 is 23.7 Å². The zero-order chi connectivity index (χ0) is 21.5. The predicted octanol–water partition coefficient (Wildman–Crippen LogP) is 3.61. The molecule has 8 heteroatoms. The lowest BCUT2D eigenvalue weighted by Crippen LogP contribution is -2.24. The molecule has 0 saturated heterocycles. The molecule has 0 spiro atoms. The minimum absolute atomic E-state index is 0.316. The molecule has 0 aliphatic carbocycles. The number of aromatic nitrogens is 2. The minimum atomic E-state index is -0.783. The molecular formula is C22H25N3O5. The van der Waals surface area contributed by atoms with Crippen molar-refractivity contribution in [3.63, 3.8) is 0 Å². The highest BCUT2D eigenvalue weighted by molar-refractivity contribution is 5.94. The number of rotatable bonds is 9. The summed E-state index contributed by atoms with van der Waals surface area (Å²) >= 11 is 0. The molecule has 3 rings (SSSR count). The molecular weight excluding hydrogens is 386 g/mol. The first-order chi connectivity index (χ1) is 14.6. The number of carbonyl (C=O) groups is 1. The van der Waals surface area contributed by atoms with Crippen LogP contribution in [0.3, 0.4) is 0 Å². The fourth-order valence-electron chi connectivity index (χ4n) is 3.05. The number of hydrogen-bond donors (Lipinski definition) is 1. The van der Waals surface area contributed by atoms with Gasteiger partial charge in [-0.3, -0.25) is 4.79 Å². The summed E-state index contributed by atoms with van der Waals surface area (Å²) in [5.74, 6) is 2.09. The molecule has 2 aromatic carbocycles. The van der Waals surface area contributed by atoms with Crippen LogP contribution in [-0.4, -0.2) is 43.6 Å². The Morgan fingerprint density at radius 3 is 2.40 bits per heavy atom. The van der Waals surface area contributed by atoms with Gasteiger partial charge in [0.15, 0.2) is 17.6 Å². The van der Waals surface area contributed by atoms with Crippen molar-refractivity contribution in [3.05, 3.63) is 60.3 Å². The topological polar surface area (TPSA) is 83.8 Å². The molecule has 0 aliphatic rings. The van der Waals surface area contributed by atoms with E-state index in [0.717, 1.165) is 11.3 Å². The number of hydrogen-bond acceptors (Lipinski definition) is 6. The maximum absolute atomic E-state index is 12.9. The van der Waals surface area contributed by atoms with Crippen molar-refractivity contribution in [2.45, 2.75) is 13.0 Å². The number of nitrogens with zero attached hydrogens (tertiary/aromatic N) is 2. The molecule has 158 valence electrons. The number of nitrogens with one attached hydrogen (secondary N) is 1. The van der Waals surface area contributed by atoms with Crippen LogP contribution in [0.2, 0.25) is 0 Å². The van der Waals surface area contributed by atoms with Crippen molar-refractivity contribution >= 4 is 11.7 Å². The number of benzene rings is 2. The molecule has 8 nitrogen and oxygen atoms in total. The Balaban J connectivity index is 1.81. The van der Waals surface area contributed by atoms with E-state index in [-0.39, 0.29) is 5.91 Å². The lowest BCUT2D eigenvalue weighted by atomic mass is 10.1. The van der Waals surface area contributed by atoms with E-state index in [1.165, 1.54) is 7.11 Å². The van der Waals surface area contributed by atoms with E-state index >= 15 is 0 Å². The molecule has 1 atom stereocenters. The van der Waals surface area contributed by atoms with Gasteiger partial charge in [0.1, 0.15) is 11.6 Å². The van der Waals surface area contributed by atoms with Gasteiger partial charge >= 0.3 is 0 Å². The van der Waals surface area contributed by atoms with Crippen LogP contribution in [0, 0.1) is 0 Å². The molecule has 0 aliphatic heterocycles. The van der Waals surface area contributed by atoms with E-state index < -0.39 is 6.10 Å². The number of anilines is 1. The number of amides is 1.